The van der Waals surface area contributed by atoms with Gasteiger partial charge in [0.15, 0.2) is 0 Å². The maximum atomic E-state index is 11.9. The molecule has 0 amide bonds. The molecule has 1 heterocycles. The molecule has 0 aromatic carbocycles. The number of methoxy groups -OCH3 is 2. The van der Waals surface area contributed by atoms with Crippen molar-refractivity contribution in [3.8, 4) is 5.75 Å². The number of hydrogen-bond acceptors (Lipinski definition) is 6. The highest BCUT2D eigenvalue weighted by Gasteiger charge is 2.33. The Morgan fingerprint density at radius 3 is 2.71 bits per heavy atom. The molecule has 2 atom stereocenters. The molecule has 1 aliphatic carbocycles. The molecule has 116 valence electrons. The summed E-state index contributed by atoms with van der Waals surface area (Å²) in [5.74, 6) is -1.70. The largest absolute Gasteiger partial charge is 0.488 e. The zero-order valence-electron chi connectivity index (χ0n) is 12.3. The fourth-order valence-corrected chi connectivity index (χ4v) is 2.83. The first kappa shape index (κ1) is 15.4. The number of anilines is 1. The molecule has 1 aromatic rings. The zero-order valence-corrected chi connectivity index (χ0v) is 12.3. The summed E-state index contributed by atoms with van der Waals surface area (Å²) in [7, 11) is 4.80. The van der Waals surface area contributed by atoms with Gasteiger partial charge < -0.3 is 23.9 Å². The highest BCUT2D eigenvalue weighted by atomic mass is 16.5. The minimum atomic E-state index is -1.29. The number of ether oxygens (including phenoxy) is 2. The van der Waals surface area contributed by atoms with Gasteiger partial charge >= 0.3 is 11.6 Å². The lowest BCUT2D eigenvalue weighted by Crippen LogP contribution is -2.39. The standard InChI is InChI=1S/C14H19NO6/c1-15(8-5-4-6-10(8)19-2)9-7-11(13(16)17)21-14(18)12(9)20-3/h7-8,10H,4-6H2,1-3H3,(H,16,17). The molecule has 1 saturated carbocycles. The van der Waals surface area contributed by atoms with E-state index in [4.69, 9.17) is 19.0 Å². The van der Waals surface area contributed by atoms with Crippen LogP contribution in [0.4, 0.5) is 5.69 Å². The lowest BCUT2D eigenvalue weighted by Gasteiger charge is -2.31. The van der Waals surface area contributed by atoms with Crippen molar-refractivity contribution in [3.05, 3.63) is 22.2 Å². The summed E-state index contributed by atoms with van der Waals surface area (Å²) in [6.07, 6.45) is 2.89. The topological polar surface area (TPSA) is 89.2 Å². The molecule has 2 unspecified atom stereocenters. The van der Waals surface area contributed by atoms with Crippen LogP contribution in [0.25, 0.3) is 0 Å². The first-order chi connectivity index (χ1) is 9.99. The summed E-state index contributed by atoms with van der Waals surface area (Å²) in [6, 6.07) is 1.38. The molecular weight excluding hydrogens is 278 g/mol. The average Bonchev–Trinajstić information content (AvgIpc) is 2.93. The van der Waals surface area contributed by atoms with E-state index in [0.717, 1.165) is 19.3 Å². The van der Waals surface area contributed by atoms with Crippen molar-refractivity contribution in [2.24, 2.45) is 0 Å². The summed E-state index contributed by atoms with van der Waals surface area (Å²) >= 11 is 0. The van der Waals surface area contributed by atoms with E-state index in [-0.39, 0.29) is 17.9 Å². The number of nitrogens with zero attached hydrogens (tertiary/aromatic N) is 1. The highest BCUT2D eigenvalue weighted by molar-refractivity contribution is 5.86. The lowest BCUT2D eigenvalue weighted by molar-refractivity contribution is 0.0656. The van der Waals surface area contributed by atoms with Crippen molar-refractivity contribution in [3.63, 3.8) is 0 Å². The van der Waals surface area contributed by atoms with Crippen LogP contribution in [-0.2, 0) is 4.74 Å². The van der Waals surface area contributed by atoms with Crippen LogP contribution in [0.5, 0.6) is 5.75 Å². The Labute approximate surface area is 122 Å². The van der Waals surface area contributed by atoms with Crippen LogP contribution in [0.2, 0.25) is 0 Å². The number of carbonyl (C=O) groups is 1. The SMILES string of the molecule is COc1c(N(C)C2CCCC2OC)cc(C(=O)O)oc1=O. The fraction of sp³-hybridized carbons (Fsp3) is 0.571. The van der Waals surface area contributed by atoms with Crippen LogP contribution < -0.4 is 15.3 Å². The van der Waals surface area contributed by atoms with Gasteiger partial charge in [0, 0.05) is 20.2 Å². The van der Waals surface area contributed by atoms with Crippen molar-refractivity contribution < 1.29 is 23.8 Å². The summed E-state index contributed by atoms with van der Waals surface area (Å²) in [5, 5.41) is 9.03. The lowest BCUT2D eigenvalue weighted by atomic mass is 10.1. The van der Waals surface area contributed by atoms with Crippen molar-refractivity contribution >= 4 is 11.7 Å². The molecule has 0 aliphatic heterocycles. The van der Waals surface area contributed by atoms with Gasteiger partial charge in [0.2, 0.25) is 11.5 Å². The normalized spacial score (nSPS) is 21.3. The van der Waals surface area contributed by atoms with Gasteiger partial charge in [0.05, 0.1) is 24.9 Å². The van der Waals surface area contributed by atoms with E-state index in [1.165, 1.54) is 13.2 Å². The summed E-state index contributed by atoms with van der Waals surface area (Å²) in [5.41, 5.74) is -0.397. The van der Waals surface area contributed by atoms with Crippen molar-refractivity contribution in [1.82, 2.24) is 0 Å². The molecule has 7 nitrogen and oxygen atoms in total. The van der Waals surface area contributed by atoms with Gasteiger partial charge in [0.25, 0.3) is 0 Å². The Balaban J connectivity index is 2.45. The zero-order chi connectivity index (χ0) is 15.6. The van der Waals surface area contributed by atoms with Crippen LogP contribution >= 0.6 is 0 Å². The van der Waals surface area contributed by atoms with Crippen molar-refractivity contribution in [2.45, 2.75) is 31.4 Å². The summed E-state index contributed by atoms with van der Waals surface area (Å²) in [6.45, 7) is 0. The Kier molecular flexibility index (Phi) is 4.52. The molecule has 21 heavy (non-hydrogen) atoms. The Hall–Kier alpha value is -2.02. The number of carboxylic acids is 1. The first-order valence-corrected chi connectivity index (χ1v) is 6.70. The number of rotatable bonds is 5. The number of carboxylic acid groups (broad SMARTS) is 1. The second-order valence-electron chi connectivity index (χ2n) is 5.01. The summed E-state index contributed by atoms with van der Waals surface area (Å²) < 4.78 is 15.3. The van der Waals surface area contributed by atoms with E-state index in [9.17, 15) is 9.59 Å². The van der Waals surface area contributed by atoms with E-state index < -0.39 is 17.4 Å². The van der Waals surface area contributed by atoms with E-state index >= 15 is 0 Å². The van der Waals surface area contributed by atoms with Gasteiger partial charge in [-0.1, -0.05) is 0 Å². The van der Waals surface area contributed by atoms with Crippen LogP contribution in [-0.4, -0.2) is 44.5 Å². The molecule has 1 aliphatic rings. The van der Waals surface area contributed by atoms with Crippen LogP contribution in [0.1, 0.15) is 29.8 Å². The first-order valence-electron chi connectivity index (χ1n) is 6.70. The molecule has 0 saturated heterocycles. The van der Waals surface area contributed by atoms with Crippen molar-refractivity contribution in [1.29, 1.82) is 0 Å². The van der Waals surface area contributed by atoms with Gasteiger partial charge in [-0.25, -0.2) is 9.59 Å². The van der Waals surface area contributed by atoms with E-state index in [2.05, 4.69) is 0 Å². The monoisotopic (exact) mass is 297 g/mol. The predicted octanol–water partition coefficient (Wildman–Crippen LogP) is 1.35. The molecule has 1 fully saturated rings. The highest BCUT2D eigenvalue weighted by Crippen LogP contribution is 2.33. The fourth-order valence-electron chi connectivity index (χ4n) is 2.83. The number of aromatic carboxylic acids is 1. The predicted molar refractivity (Wildman–Crippen MR) is 75.3 cm³/mol. The second-order valence-corrected chi connectivity index (χ2v) is 5.01. The molecule has 2 rings (SSSR count). The van der Waals surface area contributed by atoms with Gasteiger partial charge in [-0.15, -0.1) is 0 Å². The number of likely N-dealkylation sites (N-methyl/N-ethyl adjacent to an activating group) is 1. The second kappa shape index (κ2) is 6.17. The molecule has 0 bridgehead atoms. The Morgan fingerprint density at radius 2 is 2.14 bits per heavy atom. The maximum absolute atomic E-state index is 11.9. The Bertz CT molecular complexity index is 581. The summed E-state index contributed by atoms with van der Waals surface area (Å²) in [4.78, 5) is 24.7. The molecular formula is C14H19NO6. The number of hydrogen-bond donors (Lipinski definition) is 1. The van der Waals surface area contributed by atoms with Gasteiger partial charge in [-0.2, -0.15) is 0 Å². The van der Waals surface area contributed by atoms with Crippen molar-refractivity contribution in [2.75, 3.05) is 26.2 Å². The molecule has 1 aromatic heterocycles. The minimum Gasteiger partial charge on any atom is -0.488 e. The maximum Gasteiger partial charge on any atom is 0.381 e. The smallest absolute Gasteiger partial charge is 0.381 e. The van der Waals surface area contributed by atoms with Crippen LogP contribution in [0, 0.1) is 0 Å². The van der Waals surface area contributed by atoms with E-state index in [1.54, 1.807) is 14.2 Å². The quantitative estimate of drug-likeness (QED) is 0.877. The minimum absolute atomic E-state index is 0.00394. The molecule has 7 heteroatoms. The average molecular weight is 297 g/mol. The van der Waals surface area contributed by atoms with Gasteiger partial charge in [-0.3, -0.25) is 0 Å². The van der Waals surface area contributed by atoms with E-state index in [1.807, 2.05) is 4.90 Å². The van der Waals surface area contributed by atoms with Gasteiger partial charge in [-0.05, 0) is 19.3 Å². The van der Waals surface area contributed by atoms with Crippen LogP contribution in [0.15, 0.2) is 15.3 Å². The molecule has 0 radical (unpaired) electrons. The molecule has 1 N–H and O–H groups in total. The van der Waals surface area contributed by atoms with E-state index in [0.29, 0.717) is 5.69 Å². The third-order valence-electron chi connectivity index (χ3n) is 3.90. The third-order valence-corrected chi connectivity index (χ3v) is 3.90. The van der Waals surface area contributed by atoms with Gasteiger partial charge in [0.1, 0.15) is 0 Å². The molecule has 0 spiro atoms. The third kappa shape index (κ3) is 2.87. The Morgan fingerprint density at radius 1 is 1.43 bits per heavy atom. The van der Waals surface area contributed by atoms with Crippen LogP contribution in [0.3, 0.4) is 0 Å².